The van der Waals surface area contributed by atoms with Crippen molar-refractivity contribution in [3.05, 3.63) is 95.8 Å². The van der Waals surface area contributed by atoms with Crippen molar-refractivity contribution in [3.8, 4) is 0 Å². The van der Waals surface area contributed by atoms with Crippen LogP contribution in [0, 0.1) is 0 Å². The van der Waals surface area contributed by atoms with Gasteiger partial charge in [0.05, 0.1) is 4.90 Å². The molecule has 0 spiro atoms. The fraction of sp³-hybridized carbons (Fsp3) is 0.0500. The maximum Gasteiger partial charge on any atom is 0.288 e. The third kappa shape index (κ3) is 5.47. The van der Waals surface area contributed by atoms with Crippen molar-refractivity contribution in [1.82, 2.24) is 20.6 Å². The fourth-order valence-electron chi connectivity index (χ4n) is 2.41. The zero-order chi connectivity index (χ0) is 20.7. The first kappa shape index (κ1) is 20.2. The number of hydrogen-bond donors (Lipinski definition) is 3. The molecule has 1 aromatic heterocycles. The molecule has 1 heterocycles. The average Bonchev–Trinajstić information content (AvgIpc) is 2.77. The van der Waals surface area contributed by atoms with Gasteiger partial charge in [-0.05, 0) is 35.9 Å². The Kier molecular flexibility index (Phi) is 6.32. The van der Waals surface area contributed by atoms with E-state index in [-0.39, 0.29) is 22.7 Å². The van der Waals surface area contributed by atoms with Crippen LogP contribution in [0.5, 0.6) is 0 Å². The lowest BCUT2D eigenvalue weighted by Crippen LogP contribution is -2.42. The van der Waals surface area contributed by atoms with Gasteiger partial charge in [0, 0.05) is 18.3 Å². The summed E-state index contributed by atoms with van der Waals surface area (Å²) in [6.45, 7) is 0.125. The molecule has 0 fully saturated rings. The Morgan fingerprint density at radius 3 is 2.28 bits per heavy atom. The molecule has 8 nitrogen and oxygen atoms in total. The predicted molar refractivity (Wildman–Crippen MR) is 106 cm³/mol. The van der Waals surface area contributed by atoms with Gasteiger partial charge in [-0.25, -0.2) is 13.1 Å². The van der Waals surface area contributed by atoms with Crippen molar-refractivity contribution < 1.29 is 18.0 Å². The quantitative estimate of drug-likeness (QED) is 0.534. The lowest BCUT2D eigenvalue weighted by atomic mass is 10.2. The summed E-state index contributed by atoms with van der Waals surface area (Å²) in [6, 6.07) is 19.4. The monoisotopic (exact) mass is 410 g/mol. The maximum atomic E-state index is 12.5. The lowest BCUT2D eigenvalue weighted by Gasteiger charge is -2.10. The summed E-state index contributed by atoms with van der Waals surface area (Å²) in [5, 5.41) is 0. The van der Waals surface area contributed by atoms with Gasteiger partial charge in [0.1, 0.15) is 5.69 Å². The highest BCUT2D eigenvalue weighted by molar-refractivity contribution is 7.89. The molecule has 29 heavy (non-hydrogen) atoms. The van der Waals surface area contributed by atoms with Gasteiger partial charge in [0.25, 0.3) is 11.8 Å². The van der Waals surface area contributed by atoms with Gasteiger partial charge in [-0.15, -0.1) is 0 Å². The Morgan fingerprint density at radius 2 is 1.55 bits per heavy atom. The second kappa shape index (κ2) is 9.09. The van der Waals surface area contributed by atoms with Crippen LogP contribution in [0.2, 0.25) is 0 Å². The number of sulfonamides is 1. The van der Waals surface area contributed by atoms with E-state index in [1.54, 1.807) is 24.3 Å². The molecular formula is C20H18N4O4S. The summed E-state index contributed by atoms with van der Waals surface area (Å²) < 4.78 is 27.5. The number of benzene rings is 2. The molecule has 0 bridgehead atoms. The van der Waals surface area contributed by atoms with Gasteiger partial charge in [-0.3, -0.25) is 25.4 Å². The summed E-state index contributed by atoms with van der Waals surface area (Å²) in [5.41, 5.74) is 5.49. The van der Waals surface area contributed by atoms with Gasteiger partial charge >= 0.3 is 0 Å². The zero-order valence-corrected chi connectivity index (χ0v) is 16.0. The van der Waals surface area contributed by atoms with E-state index in [0.717, 1.165) is 5.56 Å². The average molecular weight is 410 g/mol. The van der Waals surface area contributed by atoms with Crippen LogP contribution >= 0.6 is 0 Å². The van der Waals surface area contributed by atoms with E-state index >= 15 is 0 Å². The van der Waals surface area contributed by atoms with Crippen molar-refractivity contribution in [3.63, 3.8) is 0 Å². The summed E-state index contributed by atoms with van der Waals surface area (Å²) in [7, 11) is -3.82. The van der Waals surface area contributed by atoms with E-state index in [1.807, 2.05) is 18.2 Å². The second-order valence-corrected chi connectivity index (χ2v) is 7.73. The Bertz CT molecular complexity index is 1100. The molecule has 3 N–H and O–H groups in total. The van der Waals surface area contributed by atoms with E-state index in [9.17, 15) is 18.0 Å². The zero-order valence-electron chi connectivity index (χ0n) is 15.2. The van der Waals surface area contributed by atoms with Gasteiger partial charge in [-0.2, -0.15) is 0 Å². The standard InChI is InChI=1S/C20H18N4O4S/c25-19(23-24-20(26)18-11-4-5-12-21-18)16-9-6-10-17(13-16)29(27,28)22-14-15-7-2-1-3-8-15/h1-13,22H,14H2,(H,23,25)(H,24,26). The van der Waals surface area contributed by atoms with Crippen molar-refractivity contribution in [2.45, 2.75) is 11.4 Å². The normalized spacial score (nSPS) is 10.9. The smallest absolute Gasteiger partial charge is 0.267 e. The Morgan fingerprint density at radius 1 is 0.828 bits per heavy atom. The van der Waals surface area contributed by atoms with Crippen molar-refractivity contribution in [2.24, 2.45) is 0 Å². The minimum absolute atomic E-state index is 0.0582. The van der Waals surface area contributed by atoms with Crippen LogP contribution in [-0.2, 0) is 16.6 Å². The number of nitrogens with one attached hydrogen (secondary N) is 3. The number of pyridine rings is 1. The number of amides is 2. The molecule has 3 rings (SSSR count). The summed E-state index contributed by atoms with van der Waals surface area (Å²) in [5.74, 6) is -1.25. The molecule has 0 atom stereocenters. The van der Waals surface area contributed by atoms with Crippen molar-refractivity contribution >= 4 is 21.8 Å². The minimum Gasteiger partial charge on any atom is -0.267 e. The predicted octanol–water partition coefficient (Wildman–Crippen LogP) is 1.63. The van der Waals surface area contributed by atoms with Crippen LogP contribution in [0.4, 0.5) is 0 Å². The lowest BCUT2D eigenvalue weighted by molar-refractivity contribution is 0.0844. The van der Waals surface area contributed by atoms with E-state index in [0.29, 0.717) is 0 Å². The molecule has 0 saturated carbocycles. The van der Waals surface area contributed by atoms with E-state index in [2.05, 4.69) is 20.6 Å². The molecule has 0 unspecified atom stereocenters. The van der Waals surface area contributed by atoms with Crippen LogP contribution in [0.25, 0.3) is 0 Å². The molecule has 9 heteroatoms. The van der Waals surface area contributed by atoms with Gasteiger partial charge < -0.3 is 0 Å². The molecule has 3 aromatic rings. The minimum atomic E-state index is -3.82. The molecule has 2 amide bonds. The third-order valence-electron chi connectivity index (χ3n) is 3.90. The highest BCUT2D eigenvalue weighted by Gasteiger charge is 2.17. The topological polar surface area (TPSA) is 117 Å². The summed E-state index contributed by atoms with van der Waals surface area (Å²) >= 11 is 0. The fourth-order valence-corrected chi connectivity index (χ4v) is 3.47. The van der Waals surface area contributed by atoms with E-state index in [1.165, 1.54) is 36.5 Å². The van der Waals surface area contributed by atoms with E-state index in [4.69, 9.17) is 0 Å². The van der Waals surface area contributed by atoms with E-state index < -0.39 is 21.8 Å². The number of nitrogens with zero attached hydrogens (tertiary/aromatic N) is 1. The first-order valence-corrected chi connectivity index (χ1v) is 10.1. The molecule has 0 saturated heterocycles. The van der Waals surface area contributed by atoms with Crippen LogP contribution in [0.1, 0.15) is 26.4 Å². The molecular weight excluding hydrogens is 392 g/mol. The first-order chi connectivity index (χ1) is 14.0. The number of aromatic nitrogens is 1. The highest BCUT2D eigenvalue weighted by atomic mass is 32.2. The first-order valence-electron chi connectivity index (χ1n) is 8.61. The Balaban J connectivity index is 1.65. The van der Waals surface area contributed by atoms with Gasteiger partial charge in [0.15, 0.2) is 0 Å². The van der Waals surface area contributed by atoms with Crippen LogP contribution in [0.15, 0.2) is 83.9 Å². The maximum absolute atomic E-state index is 12.5. The highest BCUT2D eigenvalue weighted by Crippen LogP contribution is 2.12. The largest absolute Gasteiger partial charge is 0.288 e. The number of carbonyl (C=O) groups excluding carboxylic acids is 2. The Labute approximate surface area is 168 Å². The summed E-state index contributed by atoms with van der Waals surface area (Å²) in [4.78, 5) is 28.0. The Hall–Kier alpha value is -3.56. The third-order valence-corrected chi connectivity index (χ3v) is 5.30. The number of rotatable bonds is 6. The van der Waals surface area contributed by atoms with Gasteiger partial charge in [-0.1, -0.05) is 42.5 Å². The SMILES string of the molecule is O=C(NNC(=O)c1ccccn1)c1cccc(S(=O)(=O)NCc2ccccc2)c1. The van der Waals surface area contributed by atoms with Crippen LogP contribution in [-0.4, -0.2) is 25.2 Å². The molecule has 0 aliphatic rings. The molecule has 2 aromatic carbocycles. The molecule has 148 valence electrons. The number of hydrogen-bond acceptors (Lipinski definition) is 5. The second-order valence-electron chi connectivity index (χ2n) is 5.96. The molecule has 0 aliphatic carbocycles. The van der Waals surface area contributed by atoms with Gasteiger partial charge in [0.2, 0.25) is 10.0 Å². The van der Waals surface area contributed by atoms with Crippen LogP contribution in [0.3, 0.4) is 0 Å². The van der Waals surface area contributed by atoms with Crippen molar-refractivity contribution in [1.29, 1.82) is 0 Å². The number of hydrazine groups is 1. The molecule has 0 radical (unpaired) electrons. The summed E-state index contributed by atoms with van der Waals surface area (Å²) in [6.07, 6.45) is 1.45. The molecule has 0 aliphatic heterocycles. The van der Waals surface area contributed by atoms with Crippen molar-refractivity contribution in [2.75, 3.05) is 0 Å². The number of carbonyl (C=O) groups is 2. The van der Waals surface area contributed by atoms with Crippen LogP contribution < -0.4 is 15.6 Å².